The van der Waals surface area contributed by atoms with Crippen LogP contribution in [0.25, 0.3) is 0 Å². The molecule has 1 aromatic carbocycles. The number of nitriles is 1. The molecule has 0 amide bonds. The predicted molar refractivity (Wildman–Crippen MR) is 70.7 cm³/mol. The van der Waals surface area contributed by atoms with Crippen LogP contribution in [-0.2, 0) is 0 Å². The van der Waals surface area contributed by atoms with Crippen molar-refractivity contribution in [1.29, 1.82) is 5.26 Å². The summed E-state index contributed by atoms with van der Waals surface area (Å²) in [5, 5.41) is 8.93. The van der Waals surface area contributed by atoms with Gasteiger partial charge in [-0.15, -0.1) is 11.8 Å². The Labute approximate surface area is 103 Å². The van der Waals surface area contributed by atoms with E-state index >= 15 is 0 Å². The van der Waals surface area contributed by atoms with Crippen molar-refractivity contribution in [2.45, 2.75) is 39.0 Å². The number of thioether (sulfide) groups is 1. The Hall–Kier alpha value is -0.940. The van der Waals surface area contributed by atoms with Gasteiger partial charge in [0, 0.05) is 4.90 Å². The van der Waals surface area contributed by atoms with Crippen molar-refractivity contribution in [3.05, 3.63) is 29.3 Å². The zero-order valence-corrected chi connectivity index (χ0v) is 11.3. The molecule has 0 saturated carbocycles. The van der Waals surface area contributed by atoms with Gasteiger partial charge in [0.2, 0.25) is 0 Å². The molecule has 1 aromatic rings. The third-order valence-corrected chi connectivity index (χ3v) is 3.79. The van der Waals surface area contributed by atoms with Crippen LogP contribution in [0.2, 0.25) is 0 Å². The summed E-state index contributed by atoms with van der Waals surface area (Å²) in [6.07, 6.45) is 0.932. The first-order valence-corrected chi connectivity index (χ1v) is 6.54. The van der Waals surface area contributed by atoms with E-state index in [0.29, 0.717) is 0 Å². The van der Waals surface area contributed by atoms with E-state index < -0.39 is 0 Å². The quantitative estimate of drug-likeness (QED) is 0.722. The van der Waals surface area contributed by atoms with Gasteiger partial charge in [-0.05, 0) is 51.5 Å². The van der Waals surface area contributed by atoms with Gasteiger partial charge < -0.3 is 0 Å². The number of nitrogens with zero attached hydrogens (tertiary/aromatic N) is 1. The summed E-state index contributed by atoms with van der Waals surface area (Å²) in [5.74, 6) is 1.00. The fraction of sp³-hybridized carbons (Fsp3) is 0.500. The summed E-state index contributed by atoms with van der Waals surface area (Å²) in [6, 6.07) is 8.86. The zero-order chi connectivity index (χ0) is 12.2. The molecular formula is C14H19NS. The SMILES string of the molecule is Cc1ccc(C)c(SCCC(C)(C)C#N)c1. The maximum Gasteiger partial charge on any atom is 0.0684 e. The van der Waals surface area contributed by atoms with Crippen molar-refractivity contribution in [3.8, 4) is 6.07 Å². The summed E-state index contributed by atoms with van der Waals surface area (Å²) in [7, 11) is 0. The molecule has 0 N–H and O–H groups in total. The molecule has 1 rings (SSSR count). The standard InChI is InChI=1S/C14H19NS/c1-11-5-6-12(2)13(9-11)16-8-7-14(3,4)10-15/h5-6,9H,7-8H2,1-4H3. The Kier molecular flexibility index (Phi) is 4.44. The van der Waals surface area contributed by atoms with Crippen LogP contribution in [0.5, 0.6) is 0 Å². The van der Waals surface area contributed by atoms with Gasteiger partial charge in [0.1, 0.15) is 0 Å². The fourth-order valence-electron chi connectivity index (χ4n) is 1.33. The second-order valence-electron chi connectivity index (χ2n) is 4.86. The molecule has 0 bridgehead atoms. The normalized spacial score (nSPS) is 11.2. The second kappa shape index (κ2) is 5.41. The maximum atomic E-state index is 8.93. The van der Waals surface area contributed by atoms with Crippen molar-refractivity contribution in [2.75, 3.05) is 5.75 Å². The molecular weight excluding hydrogens is 214 g/mol. The molecule has 0 saturated heterocycles. The number of hydrogen-bond donors (Lipinski definition) is 0. The van der Waals surface area contributed by atoms with Crippen molar-refractivity contribution >= 4 is 11.8 Å². The molecule has 0 spiro atoms. The lowest BCUT2D eigenvalue weighted by Gasteiger charge is -2.14. The maximum absolute atomic E-state index is 8.93. The Balaban J connectivity index is 2.56. The van der Waals surface area contributed by atoms with Gasteiger partial charge in [-0.2, -0.15) is 5.26 Å². The number of rotatable bonds is 4. The number of benzene rings is 1. The Morgan fingerprint density at radius 1 is 1.31 bits per heavy atom. The van der Waals surface area contributed by atoms with Crippen molar-refractivity contribution in [3.63, 3.8) is 0 Å². The molecule has 86 valence electrons. The third kappa shape index (κ3) is 3.90. The van der Waals surface area contributed by atoms with Crippen molar-refractivity contribution in [1.82, 2.24) is 0 Å². The molecule has 0 aliphatic heterocycles. The highest BCUT2D eigenvalue weighted by Gasteiger charge is 2.16. The third-order valence-electron chi connectivity index (χ3n) is 2.63. The van der Waals surface area contributed by atoms with Crippen LogP contribution in [0.1, 0.15) is 31.4 Å². The molecule has 0 radical (unpaired) electrons. The van der Waals surface area contributed by atoms with E-state index in [1.807, 2.05) is 25.6 Å². The monoisotopic (exact) mass is 233 g/mol. The first-order valence-electron chi connectivity index (χ1n) is 5.56. The molecule has 0 atom stereocenters. The molecule has 0 aliphatic rings. The summed E-state index contributed by atoms with van der Waals surface area (Å²) in [5.41, 5.74) is 2.42. The highest BCUT2D eigenvalue weighted by atomic mass is 32.2. The van der Waals surface area contributed by atoms with Gasteiger partial charge in [-0.25, -0.2) is 0 Å². The van der Waals surface area contributed by atoms with E-state index in [4.69, 9.17) is 5.26 Å². The second-order valence-corrected chi connectivity index (χ2v) is 6.00. The average molecular weight is 233 g/mol. The first kappa shape index (κ1) is 13.1. The Morgan fingerprint density at radius 3 is 2.62 bits per heavy atom. The van der Waals surface area contributed by atoms with E-state index in [1.54, 1.807) is 0 Å². The first-order chi connectivity index (χ1) is 7.44. The molecule has 2 heteroatoms. The van der Waals surface area contributed by atoms with Gasteiger partial charge in [-0.3, -0.25) is 0 Å². The van der Waals surface area contributed by atoms with Gasteiger partial charge in [0.25, 0.3) is 0 Å². The minimum absolute atomic E-state index is 0.204. The topological polar surface area (TPSA) is 23.8 Å². The highest BCUT2D eigenvalue weighted by Crippen LogP contribution is 2.28. The van der Waals surface area contributed by atoms with Gasteiger partial charge in [0.15, 0.2) is 0 Å². The minimum atomic E-state index is -0.204. The largest absolute Gasteiger partial charge is 0.198 e. The molecule has 0 fully saturated rings. The van der Waals surface area contributed by atoms with Crippen molar-refractivity contribution < 1.29 is 0 Å². The van der Waals surface area contributed by atoms with Crippen molar-refractivity contribution in [2.24, 2.45) is 5.41 Å². The molecule has 0 unspecified atom stereocenters. The molecule has 16 heavy (non-hydrogen) atoms. The number of hydrogen-bond acceptors (Lipinski definition) is 2. The highest BCUT2D eigenvalue weighted by molar-refractivity contribution is 7.99. The van der Waals surface area contributed by atoms with Crippen LogP contribution < -0.4 is 0 Å². The van der Waals surface area contributed by atoms with Crippen LogP contribution in [0.4, 0.5) is 0 Å². The van der Waals surface area contributed by atoms with Gasteiger partial charge in [-0.1, -0.05) is 17.7 Å². The van der Waals surface area contributed by atoms with E-state index in [0.717, 1.165) is 12.2 Å². The summed E-state index contributed by atoms with van der Waals surface area (Å²) in [4.78, 5) is 1.34. The van der Waals surface area contributed by atoms with Crippen LogP contribution in [0.15, 0.2) is 23.1 Å². The summed E-state index contributed by atoms with van der Waals surface area (Å²) < 4.78 is 0. The lowest BCUT2D eigenvalue weighted by Crippen LogP contribution is -2.08. The van der Waals surface area contributed by atoms with E-state index in [-0.39, 0.29) is 5.41 Å². The van der Waals surface area contributed by atoms with Crippen LogP contribution in [-0.4, -0.2) is 5.75 Å². The Morgan fingerprint density at radius 2 is 2.00 bits per heavy atom. The van der Waals surface area contributed by atoms with E-state index in [1.165, 1.54) is 16.0 Å². The molecule has 0 heterocycles. The molecule has 0 aromatic heterocycles. The smallest absolute Gasteiger partial charge is 0.0684 e. The van der Waals surface area contributed by atoms with Gasteiger partial charge >= 0.3 is 0 Å². The van der Waals surface area contributed by atoms with E-state index in [2.05, 4.69) is 38.1 Å². The predicted octanol–water partition coefficient (Wildman–Crippen LogP) is 4.34. The Bertz CT molecular complexity index is 402. The average Bonchev–Trinajstić information content (AvgIpc) is 2.23. The van der Waals surface area contributed by atoms with E-state index in [9.17, 15) is 0 Å². The lowest BCUT2D eigenvalue weighted by molar-refractivity contribution is 0.482. The van der Waals surface area contributed by atoms with Gasteiger partial charge in [0.05, 0.1) is 11.5 Å². The van der Waals surface area contributed by atoms with Crippen LogP contribution in [0, 0.1) is 30.6 Å². The number of aryl methyl sites for hydroxylation is 2. The fourth-order valence-corrected chi connectivity index (χ4v) is 2.73. The minimum Gasteiger partial charge on any atom is -0.198 e. The molecule has 1 nitrogen and oxygen atoms in total. The lowest BCUT2D eigenvalue weighted by atomic mass is 9.93. The zero-order valence-electron chi connectivity index (χ0n) is 10.5. The van der Waals surface area contributed by atoms with Crippen LogP contribution >= 0.6 is 11.8 Å². The van der Waals surface area contributed by atoms with Crippen LogP contribution in [0.3, 0.4) is 0 Å². The summed E-state index contributed by atoms with van der Waals surface area (Å²) in [6.45, 7) is 8.24. The summed E-state index contributed by atoms with van der Waals surface area (Å²) >= 11 is 1.85. The molecule has 0 aliphatic carbocycles.